The number of phenolic OH excluding ortho intramolecular Hbond substituents is 1. The van der Waals surface area contributed by atoms with E-state index in [0.717, 1.165) is 48.3 Å². The Morgan fingerprint density at radius 1 is 0.833 bits per heavy atom. The third-order valence-electron chi connectivity index (χ3n) is 5.69. The fourth-order valence-electron chi connectivity index (χ4n) is 3.94. The molecular weight excluding hydrogens is 368 g/mol. The third kappa shape index (κ3) is 4.73. The standard InChI is InChI=1S/C27H32N2O/c1-5-21-15-19(14-20-16-22(6-2)27(28)23(7-3)17-20)12-13-25(21)29-18(4)24-10-8-9-11-26(24)30/h8-13,15-17,30H,5-7,14,28H2,1-4H3. The number of aromatic hydroxyl groups is 1. The molecule has 0 atom stereocenters. The quantitative estimate of drug-likeness (QED) is 0.356. The molecule has 3 rings (SSSR count). The van der Waals surface area contributed by atoms with E-state index in [1.165, 1.54) is 27.8 Å². The van der Waals surface area contributed by atoms with Gasteiger partial charge in [-0.2, -0.15) is 0 Å². The van der Waals surface area contributed by atoms with Gasteiger partial charge >= 0.3 is 0 Å². The molecule has 0 saturated carbocycles. The molecule has 3 nitrogen and oxygen atoms in total. The van der Waals surface area contributed by atoms with Crippen LogP contribution in [-0.2, 0) is 25.7 Å². The lowest BCUT2D eigenvalue weighted by Gasteiger charge is -2.13. The average molecular weight is 401 g/mol. The van der Waals surface area contributed by atoms with E-state index in [1.807, 2.05) is 25.1 Å². The molecule has 3 heteroatoms. The zero-order chi connectivity index (χ0) is 21.7. The van der Waals surface area contributed by atoms with Crippen molar-refractivity contribution in [2.24, 2.45) is 4.99 Å². The number of hydrogen-bond donors (Lipinski definition) is 2. The Kier molecular flexibility index (Phi) is 6.94. The number of rotatable bonds is 7. The minimum atomic E-state index is 0.259. The summed E-state index contributed by atoms with van der Waals surface area (Å²) in [6.07, 6.45) is 3.69. The number of anilines is 1. The number of nitrogens with two attached hydrogens (primary N) is 1. The second kappa shape index (κ2) is 9.62. The number of phenols is 1. The Bertz CT molecular complexity index is 1040. The molecule has 0 spiro atoms. The van der Waals surface area contributed by atoms with Crippen molar-refractivity contribution in [1.82, 2.24) is 0 Å². The minimum absolute atomic E-state index is 0.259. The van der Waals surface area contributed by atoms with Crippen LogP contribution in [0.1, 0.15) is 61.1 Å². The van der Waals surface area contributed by atoms with E-state index < -0.39 is 0 Å². The first-order valence-electron chi connectivity index (χ1n) is 10.8. The summed E-state index contributed by atoms with van der Waals surface area (Å²) >= 11 is 0. The fraction of sp³-hybridized carbons (Fsp3) is 0.296. The molecule has 30 heavy (non-hydrogen) atoms. The van der Waals surface area contributed by atoms with Gasteiger partial charge in [0.1, 0.15) is 5.75 Å². The highest BCUT2D eigenvalue weighted by Gasteiger charge is 2.09. The van der Waals surface area contributed by atoms with E-state index in [1.54, 1.807) is 6.07 Å². The number of hydrogen-bond acceptors (Lipinski definition) is 3. The molecule has 0 aliphatic rings. The van der Waals surface area contributed by atoms with Crippen LogP contribution in [0.2, 0.25) is 0 Å². The summed E-state index contributed by atoms with van der Waals surface area (Å²) < 4.78 is 0. The predicted octanol–water partition coefficient (Wildman–Crippen LogP) is 6.39. The van der Waals surface area contributed by atoms with Crippen molar-refractivity contribution >= 4 is 17.1 Å². The number of aliphatic imine (C=N–C) groups is 1. The first kappa shape index (κ1) is 21.6. The van der Waals surface area contributed by atoms with Gasteiger partial charge in [0.15, 0.2) is 0 Å². The Morgan fingerprint density at radius 2 is 1.43 bits per heavy atom. The van der Waals surface area contributed by atoms with E-state index in [9.17, 15) is 5.11 Å². The van der Waals surface area contributed by atoms with Gasteiger partial charge in [0.25, 0.3) is 0 Å². The topological polar surface area (TPSA) is 58.6 Å². The highest BCUT2D eigenvalue weighted by molar-refractivity contribution is 6.02. The maximum Gasteiger partial charge on any atom is 0.124 e. The molecule has 3 aromatic carbocycles. The Hall–Kier alpha value is -3.07. The predicted molar refractivity (Wildman–Crippen MR) is 128 cm³/mol. The largest absolute Gasteiger partial charge is 0.507 e. The molecule has 0 saturated heterocycles. The first-order valence-corrected chi connectivity index (χ1v) is 10.8. The molecule has 0 bridgehead atoms. The zero-order valence-corrected chi connectivity index (χ0v) is 18.5. The lowest BCUT2D eigenvalue weighted by molar-refractivity contribution is 0.474. The highest BCUT2D eigenvalue weighted by atomic mass is 16.3. The molecule has 0 fully saturated rings. The summed E-state index contributed by atoms with van der Waals surface area (Å²) in [4.78, 5) is 4.82. The van der Waals surface area contributed by atoms with Crippen LogP contribution in [0.5, 0.6) is 5.75 Å². The molecule has 0 amide bonds. The lowest BCUT2D eigenvalue weighted by atomic mass is 9.95. The van der Waals surface area contributed by atoms with Crippen molar-refractivity contribution in [1.29, 1.82) is 0 Å². The first-order chi connectivity index (χ1) is 14.5. The summed E-state index contributed by atoms with van der Waals surface area (Å²) in [6, 6.07) is 18.3. The van der Waals surface area contributed by atoms with Crippen molar-refractivity contribution in [3.05, 3.63) is 88.0 Å². The molecule has 0 aliphatic heterocycles. The number of para-hydroxylation sites is 1. The average Bonchev–Trinajstić information content (AvgIpc) is 2.76. The monoisotopic (exact) mass is 400 g/mol. The molecule has 3 N–H and O–H groups in total. The van der Waals surface area contributed by atoms with Crippen LogP contribution in [0.3, 0.4) is 0 Å². The Labute approximate surface area is 180 Å². The van der Waals surface area contributed by atoms with E-state index in [2.05, 4.69) is 51.1 Å². The van der Waals surface area contributed by atoms with E-state index >= 15 is 0 Å². The normalized spacial score (nSPS) is 11.7. The molecule has 3 aromatic rings. The number of benzene rings is 3. The van der Waals surface area contributed by atoms with Crippen LogP contribution in [0.4, 0.5) is 11.4 Å². The summed E-state index contributed by atoms with van der Waals surface area (Å²) in [5.74, 6) is 0.259. The third-order valence-corrected chi connectivity index (χ3v) is 5.69. The molecule has 156 valence electrons. The number of aryl methyl sites for hydroxylation is 3. The van der Waals surface area contributed by atoms with Crippen LogP contribution >= 0.6 is 0 Å². The van der Waals surface area contributed by atoms with Gasteiger partial charge in [-0.3, -0.25) is 4.99 Å². The summed E-state index contributed by atoms with van der Waals surface area (Å²) in [7, 11) is 0. The van der Waals surface area contributed by atoms with Gasteiger partial charge in [-0.1, -0.05) is 57.2 Å². The van der Waals surface area contributed by atoms with E-state index in [-0.39, 0.29) is 5.75 Å². The van der Waals surface area contributed by atoms with Crippen molar-refractivity contribution in [3.63, 3.8) is 0 Å². The van der Waals surface area contributed by atoms with Crippen molar-refractivity contribution in [3.8, 4) is 5.75 Å². The maximum atomic E-state index is 10.1. The van der Waals surface area contributed by atoms with Crippen molar-refractivity contribution in [2.75, 3.05) is 5.73 Å². The second-order valence-electron chi connectivity index (χ2n) is 7.74. The van der Waals surface area contributed by atoms with Crippen molar-refractivity contribution < 1.29 is 5.11 Å². The van der Waals surface area contributed by atoms with Gasteiger partial charge in [0.2, 0.25) is 0 Å². The van der Waals surface area contributed by atoms with Crippen LogP contribution in [0.15, 0.2) is 59.6 Å². The SMILES string of the molecule is CCc1cc(Cc2cc(CC)c(N)c(CC)c2)ccc1N=C(C)c1ccccc1O. The minimum Gasteiger partial charge on any atom is -0.507 e. The smallest absolute Gasteiger partial charge is 0.124 e. The Morgan fingerprint density at radius 3 is 2.03 bits per heavy atom. The molecule has 0 unspecified atom stereocenters. The number of nitrogen functional groups attached to an aromatic ring is 1. The van der Waals surface area contributed by atoms with E-state index in [0.29, 0.717) is 0 Å². The molecule has 0 aliphatic carbocycles. The van der Waals surface area contributed by atoms with Crippen LogP contribution in [-0.4, -0.2) is 10.8 Å². The lowest BCUT2D eigenvalue weighted by Crippen LogP contribution is -2.02. The van der Waals surface area contributed by atoms with Gasteiger partial charge in [-0.05, 0) is 78.6 Å². The van der Waals surface area contributed by atoms with Crippen LogP contribution in [0, 0.1) is 0 Å². The highest BCUT2D eigenvalue weighted by Crippen LogP contribution is 2.27. The van der Waals surface area contributed by atoms with Gasteiger partial charge in [0.05, 0.1) is 5.69 Å². The molecule has 0 radical (unpaired) electrons. The van der Waals surface area contributed by atoms with Gasteiger partial charge in [-0.15, -0.1) is 0 Å². The van der Waals surface area contributed by atoms with Crippen LogP contribution < -0.4 is 5.73 Å². The van der Waals surface area contributed by atoms with Crippen LogP contribution in [0.25, 0.3) is 0 Å². The second-order valence-corrected chi connectivity index (χ2v) is 7.74. The molecular formula is C27H32N2O. The summed E-state index contributed by atoms with van der Waals surface area (Å²) in [5.41, 5.74) is 16.1. The Balaban J connectivity index is 1.91. The summed E-state index contributed by atoms with van der Waals surface area (Å²) in [6.45, 7) is 8.41. The van der Waals surface area contributed by atoms with Crippen molar-refractivity contribution in [2.45, 2.75) is 53.4 Å². The zero-order valence-electron chi connectivity index (χ0n) is 18.5. The molecule has 0 aromatic heterocycles. The number of nitrogens with zero attached hydrogens (tertiary/aromatic N) is 1. The van der Waals surface area contributed by atoms with Gasteiger partial charge < -0.3 is 10.8 Å². The van der Waals surface area contributed by atoms with Gasteiger partial charge in [-0.25, -0.2) is 0 Å². The maximum absolute atomic E-state index is 10.1. The van der Waals surface area contributed by atoms with Gasteiger partial charge in [0, 0.05) is 17.0 Å². The van der Waals surface area contributed by atoms with E-state index in [4.69, 9.17) is 10.7 Å². The fourth-order valence-corrected chi connectivity index (χ4v) is 3.94. The summed E-state index contributed by atoms with van der Waals surface area (Å²) in [5, 5.41) is 10.1. The molecule has 0 heterocycles.